The number of carbonyl (C=O) groups is 1. The molecule has 0 atom stereocenters. The number of nitro groups is 1. The van der Waals surface area contributed by atoms with Crippen molar-refractivity contribution in [1.29, 1.82) is 0 Å². The zero-order valence-electron chi connectivity index (χ0n) is 12.5. The average molecular weight is 334 g/mol. The Labute approximate surface area is 138 Å². The Morgan fingerprint density at radius 1 is 1.22 bits per heavy atom. The number of para-hydroxylation sites is 2. The first kappa shape index (κ1) is 16.9. The van der Waals surface area contributed by atoms with Gasteiger partial charge in [0.25, 0.3) is 5.69 Å². The van der Waals surface area contributed by atoms with Crippen molar-refractivity contribution < 1.29 is 9.72 Å². The molecule has 0 radical (unpaired) electrons. The van der Waals surface area contributed by atoms with Gasteiger partial charge in [-0.15, -0.1) is 0 Å². The van der Waals surface area contributed by atoms with E-state index in [-0.39, 0.29) is 18.1 Å². The van der Waals surface area contributed by atoms with Gasteiger partial charge in [-0.25, -0.2) is 0 Å². The van der Waals surface area contributed by atoms with Gasteiger partial charge in [0.05, 0.1) is 22.2 Å². The van der Waals surface area contributed by atoms with E-state index in [2.05, 4.69) is 5.32 Å². The average Bonchev–Trinajstić information content (AvgIpc) is 2.49. The lowest BCUT2D eigenvalue weighted by Gasteiger charge is -2.16. The minimum absolute atomic E-state index is 0.0471. The Bertz CT molecular complexity index is 721. The molecule has 2 aromatic carbocycles. The van der Waals surface area contributed by atoms with Crippen LogP contribution in [0.5, 0.6) is 0 Å². The van der Waals surface area contributed by atoms with E-state index in [1.165, 1.54) is 6.07 Å². The maximum absolute atomic E-state index is 12.0. The van der Waals surface area contributed by atoms with Crippen molar-refractivity contribution in [3.63, 3.8) is 0 Å². The predicted molar refractivity (Wildman–Crippen MR) is 89.5 cm³/mol. The fourth-order valence-corrected chi connectivity index (χ4v) is 2.35. The largest absolute Gasteiger partial charge is 0.324 e. The number of hydrogen-bond donors (Lipinski definition) is 1. The molecule has 0 bridgehead atoms. The third-order valence-corrected chi connectivity index (χ3v) is 3.52. The molecule has 6 nitrogen and oxygen atoms in total. The monoisotopic (exact) mass is 333 g/mol. The summed E-state index contributed by atoms with van der Waals surface area (Å²) >= 11 is 5.99. The molecule has 120 valence electrons. The molecule has 0 aliphatic carbocycles. The van der Waals surface area contributed by atoms with Gasteiger partial charge in [0.15, 0.2) is 0 Å². The molecule has 1 amide bonds. The number of nitrogens with zero attached hydrogens (tertiary/aromatic N) is 2. The smallest absolute Gasteiger partial charge is 0.273 e. The first-order valence-corrected chi connectivity index (χ1v) is 7.30. The molecule has 23 heavy (non-hydrogen) atoms. The van der Waals surface area contributed by atoms with E-state index in [9.17, 15) is 14.9 Å². The highest BCUT2D eigenvalue weighted by molar-refractivity contribution is 6.33. The summed E-state index contributed by atoms with van der Waals surface area (Å²) in [5.74, 6) is -0.237. The van der Waals surface area contributed by atoms with Gasteiger partial charge in [-0.05, 0) is 19.2 Å². The van der Waals surface area contributed by atoms with Crippen LogP contribution >= 0.6 is 11.6 Å². The van der Waals surface area contributed by atoms with Crippen LogP contribution in [0.15, 0.2) is 48.5 Å². The van der Waals surface area contributed by atoms with E-state index in [0.717, 1.165) is 0 Å². The number of rotatable bonds is 6. The van der Waals surface area contributed by atoms with Gasteiger partial charge < -0.3 is 5.32 Å². The molecule has 0 aliphatic heterocycles. The van der Waals surface area contributed by atoms with Gasteiger partial charge >= 0.3 is 0 Å². The number of likely N-dealkylation sites (N-methyl/N-ethyl adjacent to an activating group) is 1. The lowest BCUT2D eigenvalue weighted by molar-refractivity contribution is -0.385. The summed E-state index contributed by atoms with van der Waals surface area (Å²) in [4.78, 5) is 24.3. The molecular formula is C16H16ClN3O3. The normalized spacial score (nSPS) is 10.6. The highest BCUT2D eigenvalue weighted by atomic mass is 35.5. The van der Waals surface area contributed by atoms with Crippen molar-refractivity contribution in [3.8, 4) is 0 Å². The summed E-state index contributed by atoms with van der Waals surface area (Å²) in [7, 11) is 1.73. The summed E-state index contributed by atoms with van der Waals surface area (Å²) in [6.45, 7) is 0.393. The minimum Gasteiger partial charge on any atom is -0.324 e. The Morgan fingerprint density at radius 3 is 2.57 bits per heavy atom. The standard InChI is InChI=1S/C16H16ClN3O3/c1-19(10-12-6-2-5-9-15(12)20(22)23)11-16(21)18-14-8-4-3-7-13(14)17/h2-9H,10-11H2,1H3,(H,18,21). The molecule has 7 heteroatoms. The molecule has 0 saturated heterocycles. The van der Waals surface area contributed by atoms with Crippen LogP contribution in [0.4, 0.5) is 11.4 Å². The van der Waals surface area contributed by atoms with Crippen molar-refractivity contribution in [2.45, 2.75) is 6.54 Å². The molecule has 0 aliphatic rings. The topological polar surface area (TPSA) is 75.5 Å². The molecular weight excluding hydrogens is 318 g/mol. The number of nitrogens with one attached hydrogen (secondary N) is 1. The quantitative estimate of drug-likeness (QED) is 0.650. The third-order valence-electron chi connectivity index (χ3n) is 3.19. The summed E-state index contributed by atoms with van der Waals surface area (Å²) in [6, 6.07) is 13.4. The van der Waals surface area contributed by atoms with Gasteiger partial charge in [-0.3, -0.25) is 19.8 Å². The molecule has 2 aromatic rings. The first-order valence-electron chi connectivity index (χ1n) is 6.92. The van der Waals surface area contributed by atoms with Crippen molar-refractivity contribution in [1.82, 2.24) is 4.90 Å². The Hall–Kier alpha value is -2.44. The van der Waals surface area contributed by atoms with E-state index in [1.54, 1.807) is 54.4 Å². The SMILES string of the molecule is CN(CC(=O)Nc1ccccc1Cl)Cc1ccccc1[N+](=O)[O-]. The van der Waals surface area contributed by atoms with Gasteiger partial charge in [0, 0.05) is 18.2 Å². The van der Waals surface area contributed by atoms with Crippen LogP contribution in [-0.2, 0) is 11.3 Å². The number of carbonyl (C=O) groups excluding carboxylic acids is 1. The summed E-state index contributed by atoms with van der Waals surface area (Å²) in [5, 5.41) is 14.2. The second-order valence-electron chi connectivity index (χ2n) is 5.09. The number of anilines is 1. The van der Waals surface area contributed by atoms with E-state index in [0.29, 0.717) is 22.8 Å². The molecule has 0 saturated carbocycles. The van der Waals surface area contributed by atoms with Crippen LogP contribution in [0.3, 0.4) is 0 Å². The maximum atomic E-state index is 12.0. The summed E-state index contributed by atoms with van der Waals surface area (Å²) < 4.78 is 0. The molecule has 0 aromatic heterocycles. The van der Waals surface area contributed by atoms with Crippen LogP contribution < -0.4 is 5.32 Å². The molecule has 2 rings (SSSR count). The van der Waals surface area contributed by atoms with Gasteiger partial charge in [-0.2, -0.15) is 0 Å². The van der Waals surface area contributed by atoms with Gasteiger partial charge in [0.1, 0.15) is 0 Å². The number of hydrogen-bond acceptors (Lipinski definition) is 4. The van der Waals surface area contributed by atoms with Crippen molar-refractivity contribution in [2.24, 2.45) is 0 Å². The Morgan fingerprint density at radius 2 is 1.87 bits per heavy atom. The zero-order chi connectivity index (χ0) is 16.8. The Balaban J connectivity index is 1.97. The lowest BCUT2D eigenvalue weighted by Crippen LogP contribution is -2.30. The summed E-state index contributed by atoms with van der Waals surface area (Å²) in [5.41, 5.74) is 1.15. The molecule has 0 unspecified atom stereocenters. The van der Waals surface area contributed by atoms with E-state index in [4.69, 9.17) is 11.6 Å². The fourth-order valence-electron chi connectivity index (χ4n) is 2.17. The molecule has 0 heterocycles. The second-order valence-corrected chi connectivity index (χ2v) is 5.49. The number of nitro benzene ring substituents is 1. The van der Waals surface area contributed by atoms with Crippen molar-refractivity contribution in [3.05, 3.63) is 69.2 Å². The first-order chi connectivity index (χ1) is 11.0. The maximum Gasteiger partial charge on any atom is 0.273 e. The van der Waals surface area contributed by atoms with Crippen LogP contribution in [0, 0.1) is 10.1 Å². The van der Waals surface area contributed by atoms with E-state index in [1.807, 2.05) is 0 Å². The predicted octanol–water partition coefficient (Wildman–Crippen LogP) is 3.32. The molecule has 1 N–H and O–H groups in total. The number of halogens is 1. The van der Waals surface area contributed by atoms with Crippen molar-refractivity contribution in [2.75, 3.05) is 18.9 Å². The highest BCUT2D eigenvalue weighted by Crippen LogP contribution is 2.21. The second kappa shape index (κ2) is 7.71. The summed E-state index contributed by atoms with van der Waals surface area (Å²) in [6.07, 6.45) is 0. The third kappa shape index (κ3) is 4.77. The highest BCUT2D eigenvalue weighted by Gasteiger charge is 2.15. The van der Waals surface area contributed by atoms with Crippen LogP contribution in [0.2, 0.25) is 5.02 Å². The van der Waals surface area contributed by atoms with Crippen molar-refractivity contribution >= 4 is 28.9 Å². The minimum atomic E-state index is -0.424. The lowest BCUT2D eigenvalue weighted by atomic mass is 10.1. The van der Waals surface area contributed by atoms with Gasteiger partial charge in [0.2, 0.25) is 5.91 Å². The number of amides is 1. The van der Waals surface area contributed by atoms with Crippen LogP contribution in [-0.4, -0.2) is 29.3 Å². The molecule has 0 fully saturated rings. The van der Waals surface area contributed by atoms with Crippen LogP contribution in [0.1, 0.15) is 5.56 Å². The molecule has 0 spiro atoms. The van der Waals surface area contributed by atoms with Crippen LogP contribution in [0.25, 0.3) is 0 Å². The zero-order valence-corrected chi connectivity index (χ0v) is 13.3. The number of benzene rings is 2. The fraction of sp³-hybridized carbons (Fsp3) is 0.188. The van der Waals surface area contributed by atoms with E-state index >= 15 is 0 Å². The van der Waals surface area contributed by atoms with Gasteiger partial charge in [-0.1, -0.05) is 41.9 Å². The Kier molecular flexibility index (Phi) is 5.67. The van der Waals surface area contributed by atoms with E-state index < -0.39 is 4.92 Å².